The average Bonchev–Trinajstić information content (AvgIpc) is 2.57. The largest absolute Gasteiger partial charge is 0.493 e. The van der Waals surface area contributed by atoms with Crippen LogP contribution in [0.25, 0.3) is 0 Å². The molecule has 0 saturated heterocycles. The molecule has 0 unspecified atom stereocenters. The van der Waals surface area contributed by atoms with Crippen molar-refractivity contribution < 1.29 is 14.6 Å². The van der Waals surface area contributed by atoms with Crippen molar-refractivity contribution in [1.82, 2.24) is 0 Å². The van der Waals surface area contributed by atoms with E-state index in [4.69, 9.17) is 15.6 Å². The van der Waals surface area contributed by atoms with Crippen LogP contribution in [0.15, 0.2) is 46.6 Å². The second-order valence-electron chi connectivity index (χ2n) is 5.43. The number of aromatic carboxylic acids is 1. The monoisotopic (exact) mass is 327 g/mol. The van der Waals surface area contributed by atoms with E-state index < -0.39 is 5.97 Å². The highest BCUT2D eigenvalue weighted by Gasteiger charge is 2.06. The van der Waals surface area contributed by atoms with Crippen LogP contribution in [-0.4, -0.2) is 17.7 Å². The maximum Gasteiger partial charge on any atom is 0.335 e. The van der Waals surface area contributed by atoms with Gasteiger partial charge in [0.25, 0.3) is 0 Å². The van der Waals surface area contributed by atoms with Crippen LogP contribution < -0.4 is 10.5 Å². The minimum absolute atomic E-state index is 0.206. The predicted molar refractivity (Wildman–Crippen MR) is 93.6 cm³/mol. The molecule has 2 aromatic carbocycles. The standard InChI is InChI=1S/C18H21N3O3/c1-3-4-9-24-17-11-15(19)16(10-12(17)2)21-20-14-7-5-13(6-8-14)18(22)23/h5-8,10-11H,3-4,9,19H2,1-2H3,(H,22,23). The molecule has 2 rings (SSSR count). The lowest BCUT2D eigenvalue weighted by atomic mass is 10.1. The summed E-state index contributed by atoms with van der Waals surface area (Å²) >= 11 is 0. The highest BCUT2D eigenvalue weighted by Crippen LogP contribution is 2.32. The van der Waals surface area contributed by atoms with Gasteiger partial charge in [0, 0.05) is 6.07 Å². The fourth-order valence-corrected chi connectivity index (χ4v) is 2.04. The van der Waals surface area contributed by atoms with Crippen molar-refractivity contribution in [3.05, 3.63) is 47.5 Å². The van der Waals surface area contributed by atoms with E-state index in [1.165, 1.54) is 12.1 Å². The van der Waals surface area contributed by atoms with Crippen molar-refractivity contribution in [3.63, 3.8) is 0 Å². The fraction of sp³-hybridized carbons (Fsp3) is 0.278. The molecule has 0 aromatic heterocycles. The van der Waals surface area contributed by atoms with Crippen molar-refractivity contribution >= 4 is 23.0 Å². The first-order valence-corrected chi connectivity index (χ1v) is 7.79. The molecule has 0 amide bonds. The Morgan fingerprint density at radius 3 is 2.54 bits per heavy atom. The Bertz CT molecular complexity index is 740. The van der Waals surface area contributed by atoms with Gasteiger partial charge in [0.05, 0.1) is 23.5 Å². The molecule has 6 nitrogen and oxygen atoms in total. The zero-order valence-corrected chi connectivity index (χ0v) is 13.8. The Hall–Kier alpha value is -2.89. The first-order valence-electron chi connectivity index (χ1n) is 7.79. The van der Waals surface area contributed by atoms with E-state index in [9.17, 15) is 4.79 Å². The van der Waals surface area contributed by atoms with Gasteiger partial charge >= 0.3 is 5.97 Å². The Labute approximate surface area is 141 Å². The number of nitrogens with two attached hydrogens (primary N) is 1. The minimum atomic E-state index is -0.975. The third-order valence-corrected chi connectivity index (χ3v) is 3.47. The second-order valence-corrected chi connectivity index (χ2v) is 5.43. The van der Waals surface area contributed by atoms with Crippen LogP contribution >= 0.6 is 0 Å². The van der Waals surface area contributed by atoms with Gasteiger partial charge in [-0.1, -0.05) is 13.3 Å². The predicted octanol–water partition coefficient (Wildman–Crippen LogP) is 4.87. The molecule has 0 aliphatic rings. The quantitative estimate of drug-likeness (QED) is 0.430. The number of carboxylic acid groups (broad SMARTS) is 1. The molecule has 6 heteroatoms. The summed E-state index contributed by atoms with van der Waals surface area (Å²) in [5.74, 6) is -0.220. The van der Waals surface area contributed by atoms with Gasteiger partial charge in [0.15, 0.2) is 0 Å². The van der Waals surface area contributed by atoms with Crippen LogP contribution in [0.2, 0.25) is 0 Å². The van der Waals surface area contributed by atoms with E-state index in [0.29, 0.717) is 23.7 Å². The number of benzene rings is 2. The summed E-state index contributed by atoms with van der Waals surface area (Å²) < 4.78 is 5.70. The number of aryl methyl sites for hydroxylation is 1. The number of ether oxygens (including phenoxy) is 1. The van der Waals surface area contributed by atoms with Crippen LogP contribution in [0, 0.1) is 6.92 Å². The highest BCUT2D eigenvalue weighted by molar-refractivity contribution is 5.87. The number of hydrogen-bond donors (Lipinski definition) is 2. The van der Waals surface area contributed by atoms with Crippen LogP contribution in [0.4, 0.5) is 17.1 Å². The zero-order chi connectivity index (χ0) is 17.5. The normalized spacial score (nSPS) is 10.9. The maximum atomic E-state index is 10.8. The summed E-state index contributed by atoms with van der Waals surface area (Å²) in [6, 6.07) is 9.74. The number of nitrogens with zero attached hydrogens (tertiary/aromatic N) is 2. The maximum absolute atomic E-state index is 10.8. The van der Waals surface area contributed by atoms with E-state index in [-0.39, 0.29) is 5.56 Å². The molecule has 126 valence electrons. The Morgan fingerprint density at radius 2 is 1.92 bits per heavy atom. The number of nitrogen functional groups attached to an aromatic ring is 1. The SMILES string of the molecule is CCCCOc1cc(N)c(N=Nc2ccc(C(=O)O)cc2)cc1C. The molecule has 0 atom stereocenters. The first-order chi connectivity index (χ1) is 11.5. The van der Waals surface area contributed by atoms with Gasteiger partial charge in [-0.05, 0) is 49.2 Å². The van der Waals surface area contributed by atoms with Crippen LogP contribution in [-0.2, 0) is 0 Å². The summed E-state index contributed by atoms with van der Waals surface area (Å²) in [5, 5.41) is 17.1. The lowest BCUT2D eigenvalue weighted by Crippen LogP contribution is -1.99. The molecule has 0 radical (unpaired) electrons. The molecule has 3 N–H and O–H groups in total. The molecular formula is C18H21N3O3. The summed E-state index contributed by atoms with van der Waals surface area (Å²) in [4.78, 5) is 10.8. The summed E-state index contributed by atoms with van der Waals surface area (Å²) in [7, 11) is 0. The molecule has 0 spiro atoms. The van der Waals surface area contributed by atoms with E-state index in [1.807, 2.05) is 13.0 Å². The molecule has 0 aliphatic carbocycles. The van der Waals surface area contributed by atoms with Crippen molar-refractivity contribution in [2.45, 2.75) is 26.7 Å². The highest BCUT2D eigenvalue weighted by atomic mass is 16.5. The Balaban J connectivity index is 2.14. The molecule has 0 bridgehead atoms. The molecular weight excluding hydrogens is 306 g/mol. The molecule has 0 fully saturated rings. The van der Waals surface area contributed by atoms with Crippen LogP contribution in [0.1, 0.15) is 35.7 Å². The lowest BCUT2D eigenvalue weighted by molar-refractivity contribution is 0.0697. The molecule has 0 aliphatic heterocycles. The van der Waals surface area contributed by atoms with Crippen molar-refractivity contribution in [2.75, 3.05) is 12.3 Å². The Morgan fingerprint density at radius 1 is 1.21 bits per heavy atom. The number of hydrogen-bond acceptors (Lipinski definition) is 5. The number of carboxylic acids is 1. The third kappa shape index (κ3) is 4.55. The summed E-state index contributed by atoms with van der Waals surface area (Å²) in [5.41, 5.74) is 8.75. The third-order valence-electron chi connectivity index (χ3n) is 3.47. The molecule has 0 saturated carbocycles. The topological polar surface area (TPSA) is 97.3 Å². The van der Waals surface area contributed by atoms with Gasteiger partial charge in [0.2, 0.25) is 0 Å². The van der Waals surface area contributed by atoms with Crippen molar-refractivity contribution in [2.24, 2.45) is 10.2 Å². The van der Waals surface area contributed by atoms with Gasteiger partial charge in [-0.15, -0.1) is 5.11 Å². The van der Waals surface area contributed by atoms with E-state index in [1.54, 1.807) is 18.2 Å². The zero-order valence-electron chi connectivity index (χ0n) is 13.8. The van der Waals surface area contributed by atoms with Gasteiger partial charge in [-0.2, -0.15) is 5.11 Å². The van der Waals surface area contributed by atoms with Crippen LogP contribution in [0.3, 0.4) is 0 Å². The summed E-state index contributed by atoms with van der Waals surface area (Å²) in [6.07, 6.45) is 2.06. The van der Waals surface area contributed by atoms with E-state index in [2.05, 4.69) is 17.2 Å². The van der Waals surface area contributed by atoms with Crippen LogP contribution in [0.5, 0.6) is 5.75 Å². The second kappa shape index (κ2) is 8.10. The van der Waals surface area contributed by atoms with Crippen molar-refractivity contribution in [1.29, 1.82) is 0 Å². The average molecular weight is 327 g/mol. The number of unbranched alkanes of at least 4 members (excludes halogenated alkanes) is 1. The molecule has 24 heavy (non-hydrogen) atoms. The fourth-order valence-electron chi connectivity index (χ4n) is 2.04. The van der Waals surface area contributed by atoms with Gasteiger partial charge in [0.1, 0.15) is 11.4 Å². The minimum Gasteiger partial charge on any atom is -0.493 e. The lowest BCUT2D eigenvalue weighted by Gasteiger charge is -2.10. The van der Waals surface area contributed by atoms with Gasteiger partial charge in [-0.25, -0.2) is 4.79 Å². The van der Waals surface area contributed by atoms with E-state index in [0.717, 1.165) is 24.2 Å². The molecule has 2 aromatic rings. The van der Waals surface area contributed by atoms with Crippen molar-refractivity contribution in [3.8, 4) is 5.75 Å². The Kier molecular flexibility index (Phi) is 5.89. The van der Waals surface area contributed by atoms with Gasteiger partial charge < -0.3 is 15.6 Å². The summed E-state index contributed by atoms with van der Waals surface area (Å²) in [6.45, 7) is 4.70. The number of rotatable bonds is 7. The first kappa shape index (κ1) is 17.5. The number of carbonyl (C=O) groups is 1. The smallest absolute Gasteiger partial charge is 0.335 e. The van der Waals surface area contributed by atoms with E-state index >= 15 is 0 Å². The number of azo groups is 1. The number of anilines is 1. The van der Waals surface area contributed by atoms with Gasteiger partial charge in [-0.3, -0.25) is 0 Å². The molecule has 0 heterocycles.